The predicted molar refractivity (Wildman–Crippen MR) is 132 cm³/mol. The van der Waals surface area contributed by atoms with E-state index in [0.717, 1.165) is 11.1 Å². The number of benzene rings is 3. The van der Waals surface area contributed by atoms with Gasteiger partial charge in [-0.25, -0.2) is 4.39 Å². The van der Waals surface area contributed by atoms with Crippen LogP contribution in [0.4, 0.5) is 10.1 Å². The van der Waals surface area contributed by atoms with Gasteiger partial charge in [-0.05, 0) is 66.6 Å². The fourth-order valence-electron chi connectivity index (χ4n) is 3.73. The Morgan fingerprint density at radius 1 is 0.971 bits per heavy atom. The molecule has 3 rings (SSSR count). The van der Waals surface area contributed by atoms with Crippen molar-refractivity contribution in [1.29, 1.82) is 10.5 Å². The Morgan fingerprint density at radius 3 is 2.31 bits per heavy atom. The van der Waals surface area contributed by atoms with E-state index in [9.17, 15) is 9.18 Å². The summed E-state index contributed by atoms with van der Waals surface area (Å²) in [5.74, 6) is 0.198. The number of ether oxygens (including phenoxy) is 1. The molecule has 0 fully saturated rings. The lowest BCUT2D eigenvalue weighted by molar-refractivity contribution is -0.120. The number of anilines is 1. The molecule has 6 nitrogen and oxygen atoms in total. The lowest BCUT2D eigenvalue weighted by Gasteiger charge is -2.27. The standard InChI is InChI=1S/C28H27FN4O2/c1-2-35-27-13-11-26(12-14-27)33(16-4-15-30)28(34)21-32(20-24-5-3-6-25(29)17-24)19-23-9-7-22(18-31)8-10-23/h3,5-14,17H,2,4,16,19-21H2,1H3. The summed E-state index contributed by atoms with van der Waals surface area (Å²) in [6.45, 7) is 3.56. The van der Waals surface area contributed by atoms with Crippen LogP contribution in [0.25, 0.3) is 0 Å². The molecule has 0 aliphatic heterocycles. The van der Waals surface area contributed by atoms with Gasteiger partial charge in [0.15, 0.2) is 0 Å². The van der Waals surface area contributed by atoms with Gasteiger partial charge in [-0.1, -0.05) is 24.3 Å². The van der Waals surface area contributed by atoms with Crippen LogP contribution in [0.15, 0.2) is 72.8 Å². The Hall–Kier alpha value is -4.20. The maximum atomic E-state index is 13.8. The molecule has 0 saturated carbocycles. The molecule has 0 unspecified atom stereocenters. The monoisotopic (exact) mass is 470 g/mol. The highest BCUT2D eigenvalue weighted by Crippen LogP contribution is 2.21. The largest absolute Gasteiger partial charge is 0.494 e. The Labute approximate surface area is 205 Å². The van der Waals surface area contributed by atoms with E-state index >= 15 is 0 Å². The second-order valence-electron chi connectivity index (χ2n) is 7.96. The Bertz CT molecular complexity index is 1200. The fourth-order valence-corrected chi connectivity index (χ4v) is 3.73. The zero-order valence-electron chi connectivity index (χ0n) is 19.7. The lowest BCUT2D eigenvalue weighted by atomic mass is 10.1. The van der Waals surface area contributed by atoms with E-state index in [1.807, 2.05) is 30.0 Å². The quantitative estimate of drug-likeness (QED) is 0.392. The molecule has 0 aromatic heterocycles. The van der Waals surface area contributed by atoms with Crippen molar-refractivity contribution in [3.63, 3.8) is 0 Å². The summed E-state index contributed by atoms with van der Waals surface area (Å²) < 4.78 is 19.3. The van der Waals surface area contributed by atoms with Crippen LogP contribution in [0, 0.1) is 28.5 Å². The summed E-state index contributed by atoms with van der Waals surface area (Å²) >= 11 is 0. The molecule has 0 aliphatic rings. The van der Waals surface area contributed by atoms with E-state index in [2.05, 4.69) is 12.1 Å². The molecule has 0 N–H and O–H groups in total. The lowest BCUT2D eigenvalue weighted by Crippen LogP contribution is -2.40. The molecule has 3 aromatic carbocycles. The second kappa shape index (κ2) is 12.9. The van der Waals surface area contributed by atoms with Crippen molar-refractivity contribution in [2.75, 3.05) is 24.6 Å². The number of carbonyl (C=O) groups is 1. The van der Waals surface area contributed by atoms with Crippen LogP contribution in [-0.2, 0) is 17.9 Å². The van der Waals surface area contributed by atoms with Gasteiger partial charge in [-0.2, -0.15) is 10.5 Å². The first-order chi connectivity index (χ1) is 17.0. The van der Waals surface area contributed by atoms with Crippen molar-refractivity contribution < 1.29 is 13.9 Å². The van der Waals surface area contributed by atoms with E-state index in [-0.39, 0.29) is 31.2 Å². The maximum absolute atomic E-state index is 13.8. The van der Waals surface area contributed by atoms with Crippen molar-refractivity contribution in [2.45, 2.75) is 26.4 Å². The number of carbonyl (C=O) groups excluding carboxylic acids is 1. The normalized spacial score (nSPS) is 10.4. The van der Waals surface area contributed by atoms with Crippen LogP contribution in [0.5, 0.6) is 5.75 Å². The number of hydrogen-bond acceptors (Lipinski definition) is 5. The Kier molecular flexibility index (Phi) is 9.36. The van der Waals surface area contributed by atoms with Gasteiger partial charge in [-0.15, -0.1) is 0 Å². The van der Waals surface area contributed by atoms with E-state index in [1.165, 1.54) is 12.1 Å². The zero-order chi connectivity index (χ0) is 25.0. The third-order valence-corrected chi connectivity index (χ3v) is 5.35. The van der Waals surface area contributed by atoms with Crippen LogP contribution in [-0.4, -0.2) is 30.5 Å². The molecule has 0 heterocycles. The van der Waals surface area contributed by atoms with E-state index in [4.69, 9.17) is 15.3 Å². The molecule has 0 aliphatic carbocycles. The predicted octanol–water partition coefficient (Wildman–Crippen LogP) is 5.05. The van der Waals surface area contributed by atoms with Gasteiger partial charge in [0.1, 0.15) is 11.6 Å². The molecule has 0 atom stereocenters. The van der Waals surface area contributed by atoms with Crippen molar-refractivity contribution >= 4 is 11.6 Å². The first kappa shape index (κ1) is 25.4. The topological polar surface area (TPSA) is 80.4 Å². The molecule has 3 aromatic rings. The SMILES string of the molecule is CCOc1ccc(N(CCC#N)C(=O)CN(Cc2ccc(C#N)cc2)Cc2cccc(F)c2)cc1. The first-order valence-electron chi connectivity index (χ1n) is 11.4. The van der Waals surface area contributed by atoms with Crippen molar-refractivity contribution in [3.8, 4) is 17.9 Å². The minimum atomic E-state index is -0.336. The second-order valence-corrected chi connectivity index (χ2v) is 7.96. The molecule has 7 heteroatoms. The summed E-state index contributed by atoms with van der Waals surface area (Å²) in [6, 6.07) is 24.9. The Balaban J connectivity index is 1.83. The molecule has 0 saturated heterocycles. The van der Waals surface area contributed by atoms with Gasteiger partial charge >= 0.3 is 0 Å². The van der Waals surface area contributed by atoms with Gasteiger partial charge < -0.3 is 9.64 Å². The van der Waals surface area contributed by atoms with Gasteiger partial charge in [0.05, 0.1) is 37.3 Å². The number of nitrogens with zero attached hydrogens (tertiary/aromatic N) is 4. The number of nitriles is 2. The van der Waals surface area contributed by atoms with E-state index in [1.54, 1.807) is 47.4 Å². The van der Waals surface area contributed by atoms with Gasteiger partial charge in [0.25, 0.3) is 0 Å². The molecular weight excluding hydrogens is 443 g/mol. The van der Waals surface area contributed by atoms with E-state index < -0.39 is 0 Å². The number of halogens is 1. The van der Waals surface area contributed by atoms with Crippen molar-refractivity contribution in [1.82, 2.24) is 4.90 Å². The zero-order valence-corrected chi connectivity index (χ0v) is 19.7. The highest BCUT2D eigenvalue weighted by atomic mass is 19.1. The number of rotatable bonds is 11. The molecule has 178 valence electrons. The summed E-state index contributed by atoms with van der Waals surface area (Å²) in [6.07, 6.45) is 0.193. The van der Waals surface area contributed by atoms with E-state index in [0.29, 0.717) is 36.7 Å². The minimum absolute atomic E-state index is 0.0646. The van der Waals surface area contributed by atoms with Crippen molar-refractivity contribution in [2.24, 2.45) is 0 Å². The average molecular weight is 471 g/mol. The van der Waals surface area contributed by atoms with Crippen molar-refractivity contribution in [3.05, 3.63) is 95.3 Å². The highest BCUT2D eigenvalue weighted by molar-refractivity contribution is 5.94. The third kappa shape index (κ3) is 7.67. The van der Waals surface area contributed by atoms with Crippen LogP contribution in [0.2, 0.25) is 0 Å². The summed E-state index contributed by atoms with van der Waals surface area (Å²) in [5, 5.41) is 18.2. The van der Waals surface area contributed by atoms with Gasteiger partial charge in [-0.3, -0.25) is 9.69 Å². The number of amides is 1. The average Bonchev–Trinajstić information content (AvgIpc) is 2.86. The molecule has 0 bridgehead atoms. The smallest absolute Gasteiger partial charge is 0.241 e. The summed E-state index contributed by atoms with van der Waals surface area (Å²) in [4.78, 5) is 17.0. The highest BCUT2D eigenvalue weighted by Gasteiger charge is 2.20. The van der Waals surface area contributed by atoms with Gasteiger partial charge in [0.2, 0.25) is 5.91 Å². The molecule has 0 spiro atoms. The molecule has 0 radical (unpaired) electrons. The van der Waals surface area contributed by atoms with Crippen LogP contribution in [0.1, 0.15) is 30.0 Å². The molecule has 35 heavy (non-hydrogen) atoms. The number of hydrogen-bond donors (Lipinski definition) is 0. The van der Waals surface area contributed by atoms with Crippen LogP contribution in [0.3, 0.4) is 0 Å². The molecular formula is C28H27FN4O2. The summed E-state index contributed by atoms with van der Waals surface area (Å²) in [5.41, 5.74) is 2.91. The van der Waals surface area contributed by atoms with Gasteiger partial charge in [0, 0.05) is 25.3 Å². The summed E-state index contributed by atoms with van der Waals surface area (Å²) in [7, 11) is 0. The Morgan fingerprint density at radius 2 is 1.69 bits per heavy atom. The first-order valence-corrected chi connectivity index (χ1v) is 11.4. The third-order valence-electron chi connectivity index (χ3n) is 5.35. The van der Waals surface area contributed by atoms with Crippen LogP contribution >= 0.6 is 0 Å². The fraction of sp³-hybridized carbons (Fsp3) is 0.250. The maximum Gasteiger partial charge on any atom is 0.241 e. The minimum Gasteiger partial charge on any atom is -0.494 e. The van der Waals surface area contributed by atoms with Crippen LogP contribution < -0.4 is 9.64 Å². The molecule has 1 amide bonds.